The molecule has 0 aliphatic rings. The molecule has 0 atom stereocenters. The molecule has 0 saturated carbocycles. The van der Waals surface area contributed by atoms with Crippen molar-refractivity contribution in [1.29, 1.82) is 0 Å². The van der Waals surface area contributed by atoms with Gasteiger partial charge in [0, 0.05) is 18.0 Å². The lowest BCUT2D eigenvalue weighted by atomic mass is 9.95. The Kier molecular flexibility index (Phi) is 4.60. The van der Waals surface area contributed by atoms with Crippen molar-refractivity contribution < 1.29 is 0 Å². The van der Waals surface area contributed by atoms with Crippen LogP contribution in [0.2, 0.25) is 0 Å². The standard InChI is InChI=1S/C14H19ClN2S/c1-3-14(4-2,10-15)16-9-13-17-11-7-5-6-8-12(11)18-13/h5-8,16H,3-4,9-10H2,1-2H3. The molecule has 0 aliphatic carbocycles. The summed E-state index contributed by atoms with van der Waals surface area (Å²) in [7, 11) is 0. The van der Waals surface area contributed by atoms with Crippen molar-refractivity contribution in [2.45, 2.75) is 38.8 Å². The van der Waals surface area contributed by atoms with E-state index in [1.165, 1.54) is 4.70 Å². The predicted octanol–water partition coefficient (Wildman–Crippen LogP) is 4.18. The summed E-state index contributed by atoms with van der Waals surface area (Å²) in [6.45, 7) is 5.15. The Morgan fingerprint density at radius 1 is 1.28 bits per heavy atom. The summed E-state index contributed by atoms with van der Waals surface area (Å²) in [6, 6.07) is 8.26. The monoisotopic (exact) mass is 282 g/mol. The number of thiazole rings is 1. The fourth-order valence-electron chi connectivity index (χ4n) is 1.99. The molecule has 2 rings (SSSR count). The average Bonchev–Trinajstić information content (AvgIpc) is 2.84. The van der Waals surface area contributed by atoms with Gasteiger partial charge in [0.2, 0.25) is 0 Å². The third kappa shape index (κ3) is 2.85. The molecule has 0 unspecified atom stereocenters. The minimum atomic E-state index is 0.0411. The smallest absolute Gasteiger partial charge is 0.108 e. The normalized spacial score (nSPS) is 12.2. The van der Waals surface area contributed by atoms with Crippen molar-refractivity contribution >= 4 is 33.2 Å². The Bertz CT molecular complexity index is 464. The highest BCUT2D eigenvalue weighted by molar-refractivity contribution is 7.18. The summed E-state index contributed by atoms with van der Waals surface area (Å²) >= 11 is 7.84. The van der Waals surface area contributed by atoms with Gasteiger partial charge in [0.1, 0.15) is 5.01 Å². The molecule has 1 heterocycles. The van der Waals surface area contributed by atoms with E-state index in [9.17, 15) is 0 Å². The molecule has 0 bridgehead atoms. The predicted molar refractivity (Wildman–Crippen MR) is 80.5 cm³/mol. The zero-order chi connectivity index (χ0) is 13.0. The number of halogens is 1. The van der Waals surface area contributed by atoms with Gasteiger partial charge in [0.15, 0.2) is 0 Å². The molecule has 1 N–H and O–H groups in total. The summed E-state index contributed by atoms with van der Waals surface area (Å²) < 4.78 is 1.25. The molecule has 0 amide bonds. The number of benzene rings is 1. The Hall–Kier alpha value is -0.640. The van der Waals surface area contributed by atoms with E-state index in [4.69, 9.17) is 11.6 Å². The molecule has 2 aromatic rings. The van der Waals surface area contributed by atoms with E-state index in [-0.39, 0.29) is 5.54 Å². The van der Waals surface area contributed by atoms with E-state index in [1.54, 1.807) is 11.3 Å². The van der Waals surface area contributed by atoms with Crippen molar-refractivity contribution in [2.75, 3.05) is 5.88 Å². The molecule has 2 nitrogen and oxygen atoms in total. The number of aromatic nitrogens is 1. The lowest BCUT2D eigenvalue weighted by molar-refractivity contribution is 0.334. The summed E-state index contributed by atoms with van der Waals surface area (Å²) in [5.74, 6) is 0.644. The van der Waals surface area contributed by atoms with E-state index in [0.29, 0.717) is 5.88 Å². The average molecular weight is 283 g/mol. The van der Waals surface area contributed by atoms with Crippen LogP contribution in [0.3, 0.4) is 0 Å². The van der Waals surface area contributed by atoms with Crippen LogP contribution in [0.1, 0.15) is 31.7 Å². The third-order valence-corrected chi connectivity index (χ3v) is 5.11. The highest BCUT2D eigenvalue weighted by Crippen LogP contribution is 2.23. The molecule has 18 heavy (non-hydrogen) atoms. The summed E-state index contributed by atoms with van der Waals surface area (Å²) in [5.41, 5.74) is 1.13. The summed E-state index contributed by atoms with van der Waals surface area (Å²) in [4.78, 5) is 4.63. The molecule has 0 radical (unpaired) electrons. The van der Waals surface area contributed by atoms with Crippen LogP contribution in [0.5, 0.6) is 0 Å². The minimum absolute atomic E-state index is 0.0411. The quantitative estimate of drug-likeness (QED) is 0.804. The van der Waals surface area contributed by atoms with Gasteiger partial charge in [-0.05, 0) is 25.0 Å². The number of hydrogen-bond donors (Lipinski definition) is 1. The molecule has 0 spiro atoms. The maximum atomic E-state index is 6.09. The van der Waals surface area contributed by atoms with Crippen LogP contribution >= 0.6 is 22.9 Å². The first kappa shape index (κ1) is 13.8. The second-order valence-corrected chi connectivity index (χ2v) is 5.93. The van der Waals surface area contributed by atoms with Crippen LogP contribution in [0, 0.1) is 0 Å². The van der Waals surface area contributed by atoms with Crippen LogP contribution < -0.4 is 5.32 Å². The van der Waals surface area contributed by atoms with E-state index >= 15 is 0 Å². The first-order chi connectivity index (χ1) is 8.73. The maximum absolute atomic E-state index is 6.09. The Morgan fingerprint density at radius 3 is 2.61 bits per heavy atom. The molecule has 1 aromatic heterocycles. The number of nitrogens with zero attached hydrogens (tertiary/aromatic N) is 1. The number of rotatable bonds is 6. The van der Waals surface area contributed by atoms with Crippen molar-refractivity contribution in [3.8, 4) is 0 Å². The van der Waals surface area contributed by atoms with Gasteiger partial charge in [-0.1, -0.05) is 26.0 Å². The van der Waals surface area contributed by atoms with Crippen molar-refractivity contribution in [3.63, 3.8) is 0 Å². The molecule has 0 saturated heterocycles. The number of alkyl halides is 1. The van der Waals surface area contributed by atoms with Crippen LogP contribution in [0.4, 0.5) is 0 Å². The summed E-state index contributed by atoms with van der Waals surface area (Å²) in [6.07, 6.45) is 2.08. The fraction of sp³-hybridized carbons (Fsp3) is 0.500. The largest absolute Gasteiger partial charge is 0.304 e. The molecular formula is C14H19ClN2S. The molecule has 1 aromatic carbocycles. The Labute approximate surface area is 117 Å². The Morgan fingerprint density at radius 2 is 2.00 bits per heavy atom. The molecule has 0 fully saturated rings. The van der Waals surface area contributed by atoms with E-state index in [0.717, 1.165) is 29.9 Å². The second kappa shape index (κ2) is 6.00. The molecular weight excluding hydrogens is 264 g/mol. The lowest BCUT2D eigenvalue weighted by Crippen LogP contribution is -2.45. The van der Waals surface area contributed by atoms with Crippen LogP contribution in [-0.2, 0) is 6.54 Å². The number of nitrogens with one attached hydrogen (secondary N) is 1. The van der Waals surface area contributed by atoms with Crippen molar-refractivity contribution in [1.82, 2.24) is 10.3 Å². The SMILES string of the molecule is CCC(CC)(CCl)NCc1nc2ccccc2s1. The van der Waals surface area contributed by atoms with Gasteiger partial charge in [-0.2, -0.15) is 0 Å². The topological polar surface area (TPSA) is 24.9 Å². The van der Waals surface area contributed by atoms with Gasteiger partial charge in [-0.3, -0.25) is 0 Å². The van der Waals surface area contributed by atoms with Crippen LogP contribution in [0.25, 0.3) is 10.2 Å². The van der Waals surface area contributed by atoms with E-state index in [2.05, 4.69) is 42.3 Å². The highest BCUT2D eigenvalue weighted by atomic mass is 35.5. The number of fused-ring (bicyclic) bond motifs is 1. The molecule has 98 valence electrons. The van der Waals surface area contributed by atoms with Crippen molar-refractivity contribution in [2.24, 2.45) is 0 Å². The van der Waals surface area contributed by atoms with E-state index < -0.39 is 0 Å². The zero-order valence-electron chi connectivity index (χ0n) is 10.9. The van der Waals surface area contributed by atoms with Crippen LogP contribution in [-0.4, -0.2) is 16.4 Å². The van der Waals surface area contributed by atoms with Gasteiger partial charge >= 0.3 is 0 Å². The second-order valence-electron chi connectivity index (χ2n) is 4.55. The Balaban J connectivity index is 2.09. The molecule has 0 aliphatic heterocycles. The van der Waals surface area contributed by atoms with Gasteiger partial charge in [-0.25, -0.2) is 4.98 Å². The molecule has 4 heteroatoms. The minimum Gasteiger partial charge on any atom is -0.304 e. The zero-order valence-corrected chi connectivity index (χ0v) is 12.4. The lowest BCUT2D eigenvalue weighted by Gasteiger charge is -2.30. The van der Waals surface area contributed by atoms with Gasteiger partial charge < -0.3 is 5.32 Å². The van der Waals surface area contributed by atoms with E-state index in [1.807, 2.05) is 6.07 Å². The highest BCUT2D eigenvalue weighted by Gasteiger charge is 2.24. The van der Waals surface area contributed by atoms with Crippen molar-refractivity contribution in [3.05, 3.63) is 29.3 Å². The van der Waals surface area contributed by atoms with Crippen LogP contribution in [0.15, 0.2) is 24.3 Å². The maximum Gasteiger partial charge on any atom is 0.108 e. The number of hydrogen-bond acceptors (Lipinski definition) is 3. The number of para-hydroxylation sites is 1. The van der Waals surface area contributed by atoms with Gasteiger partial charge in [0.05, 0.1) is 10.2 Å². The summed E-state index contributed by atoms with van der Waals surface area (Å²) in [5, 5.41) is 4.71. The van der Waals surface area contributed by atoms with Gasteiger partial charge in [0.25, 0.3) is 0 Å². The van der Waals surface area contributed by atoms with Gasteiger partial charge in [-0.15, -0.1) is 22.9 Å². The first-order valence-corrected chi connectivity index (χ1v) is 7.73. The fourth-order valence-corrected chi connectivity index (χ4v) is 3.37. The first-order valence-electron chi connectivity index (χ1n) is 6.38. The third-order valence-electron chi connectivity index (χ3n) is 3.56.